The number of fused-ring (bicyclic) bond motifs is 1. The minimum atomic E-state index is 0.148. The van der Waals surface area contributed by atoms with Crippen LogP contribution in [0.3, 0.4) is 0 Å². The minimum Gasteiger partial charge on any atom is -0.352 e. The summed E-state index contributed by atoms with van der Waals surface area (Å²) < 4.78 is 0. The molecule has 0 atom stereocenters. The maximum atomic E-state index is 12.6. The first-order valence-electron chi connectivity index (χ1n) is 8.02. The van der Waals surface area contributed by atoms with Crippen LogP contribution in [0.2, 0.25) is 0 Å². The Morgan fingerprint density at radius 2 is 1.88 bits per heavy atom. The maximum absolute atomic E-state index is 12.6. The van der Waals surface area contributed by atoms with Crippen molar-refractivity contribution in [2.24, 2.45) is 0 Å². The van der Waals surface area contributed by atoms with Gasteiger partial charge in [0.2, 0.25) is 0 Å². The van der Waals surface area contributed by atoms with E-state index in [1.165, 1.54) is 11.3 Å². The molecule has 0 unspecified atom stereocenters. The Kier molecular flexibility index (Phi) is 3.90. The summed E-state index contributed by atoms with van der Waals surface area (Å²) in [6.07, 6.45) is 1.62. The Hall–Kier alpha value is -2.47. The first-order chi connectivity index (χ1) is 11.7. The molecule has 1 amide bonds. The molecule has 3 heterocycles. The summed E-state index contributed by atoms with van der Waals surface area (Å²) >= 11 is 1.52. The summed E-state index contributed by atoms with van der Waals surface area (Å²) in [5.74, 6) is 1.11. The number of carbonyl (C=O) groups excluding carboxylic acids is 1. The lowest BCUT2D eigenvalue weighted by Crippen LogP contribution is -2.49. The van der Waals surface area contributed by atoms with Crippen LogP contribution in [-0.2, 0) is 0 Å². The number of para-hydroxylation sites is 1. The van der Waals surface area contributed by atoms with E-state index in [-0.39, 0.29) is 5.91 Å². The van der Waals surface area contributed by atoms with Crippen LogP contribution in [0.15, 0.2) is 42.0 Å². The summed E-state index contributed by atoms with van der Waals surface area (Å²) in [5, 5.41) is 3.04. The lowest BCUT2D eigenvalue weighted by molar-refractivity contribution is 0.0751. The molecule has 2 aromatic heterocycles. The highest BCUT2D eigenvalue weighted by Crippen LogP contribution is 2.24. The fourth-order valence-electron chi connectivity index (χ4n) is 3.10. The second kappa shape index (κ2) is 6.20. The van der Waals surface area contributed by atoms with Crippen LogP contribution < -0.4 is 4.90 Å². The highest BCUT2D eigenvalue weighted by Gasteiger charge is 2.25. The van der Waals surface area contributed by atoms with Crippen LogP contribution in [0.4, 0.5) is 5.82 Å². The van der Waals surface area contributed by atoms with E-state index >= 15 is 0 Å². The molecular weight excluding hydrogens is 320 g/mol. The number of hydrogen-bond acceptors (Lipinski definition) is 5. The zero-order valence-electron chi connectivity index (χ0n) is 13.5. The molecular formula is C18H18N4OS. The largest absolute Gasteiger partial charge is 0.352 e. The van der Waals surface area contributed by atoms with Crippen molar-refractivity contribution in [3.05, 3.63) is 52.5 Å². The molecule has 1 saturated heterocycles. The lowest BCUT2D eigenvalue weighted by atomic mass is 10.2. The summed E-state index contributed by atoms with van der Waals surface area (Å²) in [6, 6.07) is 10.0. The standard InChI is InChI=1S/C18H18N4OS/c1-13-6-11-24-16(13)18(23)22-9-7-21(8-10-22)17-14-4-2-3-5-15(14)19-12-20-17/h2-6,11-12H,7-10H2,1H3. The first kappa shape index (κ1) is 15.1. The van der Waals surface area contributed by atoms with Crippen LogP contribution in [-0.4, -0.2) is 47.0 Å². The van der Waals surface area contributed by atoms with Gasteiger partial charge in [-0.05, 0) is 36.1 Å². The third-order valence-electron chi connectivity index (χ3n) is 4.44. The van der Waals surface area contributed by atoms with Crippen molar-refractivity contribution in [1.29, 1.82) is 0 Å². The average Bonchev–Trinajstić information content (AvgIpc) is 3.07. The van der Waals surface area contributed by atoms with Crippen molar-refractivity contribution in [1.82, 2.24) is 14.9 Å². The molecule has 0 bridgehead atoms. The zero-order valence-corrected chi connectivity index (χ0v) is 14.3. The molecule has 1 aliphatic heterocycles. The van der Waals surface area contributed by atoms with E-state index in [0.29, 0.717) is 13.1 Å². The second-order valence-corrected chi connectivity index (χ2v) is 6.84. The second-order valence-electron chi connectivity index (χ2n) is 5.93. The molecule has 0 aliphatic carbocycles. The summed E-state index contributed by atoms with van der Waals surface area (Å²) in [5.41, 5.74) is 2.02. The Morgan fingerprint density at radius 3 is 2.62 bits per heavy atom. The highest BCUT2D eigenvalue weighted by atomic mass is 32.1. The van der Waals surface area contributed by atoms with Crippen LogP contribution in [0.1, 0.15) is 15.2 Å². The smallest absolute Gasteiger partial charge is 0.264 e. The molecule has 24 heavy (non-hydrogen) atoms. The Bertz CT molecular complexity index is 878. The molecule has 122 valence electrons. The molecule has 5 nitrogen and oxygen atoms in total. The van der Waals surface area contributed by atoms with Gasteiger partial charge >= 0.3 is 0 Å². The van der Waals surface area contributed by atoms with Gasteiger partial charge < -0.3 is 9.80 Å². The summed E-state index contributed by atoms with van der Waals surface area (Å²) in [6.45, 7) is 5.00. The van der Waals surface area contributed by atoms with E-state index in [1.807, 2.05) is 41.5 Å². The quantitative estimate of drug-likeness (QED) is 0.721. The van der Waals surface area contributed by atoms with Gasteiger partial charge in [-0.1, -0.05) is 12.1 Å². The van der Waals surface area contributed by atoms with Crippen molar-refractivity contribution in [2.75, 3.05) is 31.1 Å². The van der Waals surface area contributed by atoms with E-state index < -0.39 is 0 Å². The maximum Gasteiger partial charge on any atom is 0.264 e. The van der Waals surface area contributed by atoms with E-state index in [1.54, 1.807) is 6.33 Å². The number of hydrogen-bond donors (Lipinski definition) is 0. The lowest BCUT2D eigenvalue weighted by Gasteiger charge is -2.35. The molecule has 3 aromatic rings. The summed E-state index contributed by atoms with van der Waals surface area (Å²) in [4.78, 5) is 26.5. The predicted octanol–water partition coefficient (Wildman–Crippen LogP) is 2.96. The SMILES string of the molecule is Cc1ccsc1C(=O)N1CCN(c2ncnc3ccccc23)CC1. The van der Waals surface area contributed by atoms with Crippen LogP contribution in [0.25, 0.3) is 10.9 Å². The molecule has 0 radical (unpaired) electrons. The number of nitrogens with zero attached hydrogens (tertiary/aromatic N) is 4. The van der Waals surface area contributed by atoms with E-state index in [0.717, 1.165) is 40.3 Å². The molecule has 0 spiro atoms. The molecule has 1 fully saturated rings. The highest BCUT2D eigenvalue weighted by molar-refractivity contribution is 7.12. The Labute approximate surface area is 144 Å². The number of thiophene rings is 1. The minimum absolute atomic E-state index is 0.148. The normalized spacial score (nSPS) is 15.0. The molecule has 4 rings (SSSR count). The first-order valence-corrected chi connectivity index (χ1v) is 8.90. The van der Waals surface area contributed by atoms with Crippen molar-refractivity contribution in [3.63, 3.8) is 0 Å². The third kappa shape index (κ3) is 2.63. The molecule has 6 heteroatoms. The van der Waals surface area contributed by atoms with Crippen molar-refractivity contribution in [2.45, 2.75) is 6.92 Å². The predicted molar refractivity (Wildman–Crippen MR) is 96.7 cm³/mol. The van der Waals surface area contributed by atoms with Gasteiger partial charge in [0.15, 0.2) is 0 Å². The molecule has 1 aromatic carbocycles. The van der Waals surface area contributed by atoms with E-state index in [9.17, 15) is 4.79 Å². The number of anilines is 1. The van der Waals surface area contributed by atoms with Crippen LogP contribution in [0, 0.1) is 6.92 Å². The monoisotopic (exact) mass is 338 g/mol. The fourth-order valence-corrected chi connectivity index (χ4v) is 3.99. The summed E-state index contributed by atoms with van der Waals surface area (Å²) in [7, 11) is 0. The number of piperazine rings is 1. The third-order valence-corrected chi connectivity index (χ3v) is 5.45. The van der Waals surface area contributed by atoms with Gasteiger partial charge in [-0.3, -0.25) is 4.79 Å². The van der Waals surface area contributed by atoms with Crippen LogP contribution >= 0.6 is 11.3 Å². The molecule has 0 saturated carbocycles. The number of aromatic nitrogens is 2. The fraction of sp³-hybridized carbons (Fsp3) is 0.278. The molecule has 1 aliphatic rings. The number of carbonyl (C=O) groups is 1. The van der Waals surface area contributed by atoms with Crippen molar-refractivity contribution in [3.8, 4) is 0 Å². The number of aryl methyl sites for hydroxylation is 1. The van der Waals surface area contributed by atoms with Crippen LogP contribution in [0.5, 0.6) is 0 Å². The van der Waals surface area contributed by atoms with Gasteiger partial charge in [-0.15, -0.1) is 11.3 Å². The van der Waals surface area contributed by atoms with Gasteiger partial charge in [0, 0.05) is 31.6 Å². The molecule has 0 N–H and O–H groups in total. The Morgan fingerprint density at radius 1 is 1.08 bits per heavy atom. The Balaban J connectivity index is 1.52. The number of benzene rings is 1. The van der Waals surface area contributed by atoms with E-state index in [2.05, 4.69) is 20.9 Å². The van der Waals surface area contributed by atoms with Crippen molar-refractivity contribution < 1.29 is 4.79 Å². The van der Waals surface area contributed by atoms with Gasteiger partial charge in [0.1, 0.15) is 12.1 Å². The van der Waals surface area contributed by atoms with Gasteiger partial charge in [-0.25, -0.2) is 9.97 Å². The number of amides is 1. The van der Waals surface area contributed by atoms with Gasteiger partial charge in [0.05, 0.1) is 10.4 Å². The zero-order chi connectivity index (χ0) is 16.5. The average molecular weight is 338 g/mol. The van der Waals surface area contributed by atoms with Gasteiger partial charge in [-0.2, -0.15) is 0 Å². The number of rotatable bonds is 2. The van der Waals surface area contributed by atoms with E-state index in [4.69, 9.17) is 0 Å². The topological polar surface area (TPSA) is 49.3 Å². The van der Waals surface area contributed by atoms with Crippen molar-refractivity contribution >= 4 is 34.0 Å². The van der Waals surface area contributed by atoms with Gasteiger partial charge in [0.25, 0.3) is 5.91 Å².